The Bertz CT molecular complexity index is 931. The van der Waals surface area contributed by atoms with E-state index in [1.807, 2.05) is 33.0 Å². The van der Waals surface area contributed by atoms with Gasteiger partial charge in [-0.3, -0.25) is 4.72 Å². The van der Waals surface area contributed by atoms with Crippen molar-refractivity contribution >= 4 is 27.6 Å². The van der Waals surface area contributed by atoms with Crippen molar-refractivity contribution in [3.63, 3.8) is 0 Å². The Hall–Kier alpha value is -2.59. The molecule has 6 nitrogen and oxygen atoms in total. The molecule has 0 amide bonds. The number of rotatable bonds is 3. The van der Waals surface area contributed by atoms with Crippen LogP contribution in [-0.4, -0.2) is 18.7 Å². The van der Waals surface area contributed by atoms with Gasteiger partial charge in [0.1, 0.15) is 16.9 Å². The minimum Gasteiger partial charge on any atom is -0.358 e. The minimum atomic E-state index is -1.43. The molecule has 3 aromatic rings. The van der Waals surface area contributed by atoms with Crippen molar-refractivity contribution in [3.8, 4) is 6.07 Å². The molecule has 22 heavy (non-hydrogen) atoms. The number of H-pyrrole nitrogens is 1. The Morgan fingerprint density at radius 2 is 2.18 bits per heavy atom. The van der Waals surface area contributed by atoms with Crippen LogP contribution in [0.25, 0.3) is 10.9 Å². The lowest BCUT2D eigenvalue weighted by atomic mass is 10.1. The maximum atomic E-state index is 12.5. The molecule has 0 spiro atoms. The van der Waals surface area contributed by atoms with E-state index < -0.39 is 11.0 Å². The Morgan fingerprint density at radius 3 is 2.82 bits per heavy atom. The lowest BCUT2D eigenvalue weighted by Crippen LogP contribution is -2.09. The number of imidazole rings is 1. The fraction of sp³-hybridized carbons (Fsp3) is 0.200. The normalized spacial score (nSPS) is 12.3. The molecule has 7 heteroatoms. The molecule has 1 atom stereocenters. The van der Waals surface area contributed by atoms with E-state index in [0.717, 1.165) is 22.3 Å². The highest BCUT2D eigenvalue weighted by Crippen LogP contribution is 2.29. The number of aromatic nitrogens is 3. The molecule has 112 valence electrons. The summed E-state index contributed by atoms with van der Waals surface area (Å²) in [7, 11) is 0.391. The minimum absolute atomic E-state index is 0.582. The number of nitrogens with one attached hydrogen (secondary N) is 2. The standard InChI is InChI=1S/C15H15N5OS/c1-9-4-5-12(15-14(9)11(6-16)7-18-15)19-22(21)13-8-17-10(2)20(13)3/h4-5,7-8,18-19H,1-3H3. The summed E-state index contributed by atoms with van der Waals surface area (Å²) >= 11 is 0. The molecular weight excluding hydrogens is 298 g/mol. The van der Waals surface area contributed by atoms with Crippen LogP contribution in [0.4, 0.5) is 5.69 Å². The van der Waals surface area contributed by atoms with Crippen molar-refractivity contribution in [2.45, 2.75) is 18.9 Å². The molecule has 1 aromatic carbocycles. The van der Waals surface area contributed by atoms with E-state index in [4.69, 9.17) is 0 Å². The van der Waals surface area contributed by atoms with Gasteiger partial charge < -0.3 is 9.55 Å². The van der Waals surface area contributed by atoms with Crippen LogP contribution in [0.15, 0.2) is 29.6 Å². The van der Waals surface area contributed by atoms with Crippen LogP contribution in [0.1, 0.15) is 17.0 Å². The Morgan fingerprint density at radius 1 is 1.41 bits per heavy atom. The predicted octanol–water partition coefficient (Wildman–Crippen LogP) is 2.52. The van der Waals surface area contributed by atoms with Gasteiger partial charge in [0.15, 0.2) is 11.0 Å². The van der Waals surface area contributed by atoms with Gasteiger partial charge >= 0.3 is 0 Å². The molecule has 0 radical (unpaired) electrons. The van der Waals surface area contributed by atoms with Gasteiger partial charge in [-0.05, 0) is 25.5 Å². The number of hydrogen-bond donors (Lipinski definition) is 2. The number of nitriles is 1. The lowest BCUT2D eigenvalue weighted by molar-refractivity contribution is 0.674. The van der Waals surface area contributed by atoms with E-state index in [-0.39, 0.29) is 0 Å². The highest BCUT2D eigenvalue weighted by atomic mass is 32.2. The first kappa shape index (κ1) is 14.4. The summed E-state index contributed by atoms with van der Waals surface area (Å²) in [6, 6.07) is 5.93. The smallest absolute Gasteiger partial charge is 0.169 e. The summed E-state index contributed by atoms with van der Waals surface area (Å²) in [4.78, 5) is 7.24. The summed E-state index contributed by atoms with van der Waals surface area (Å²) in [5.41, 5.74) is 3.06. The van der Waals surface area contributed by atoms with Crippen LogP contribution < -0.4 is 4.72 Å². The van der Waals surface area contributed by atoms with Crippen LogP contribution in [0, 0.1) is 25.2 Å². The summed E-state index contributed by atoms with van der Waals surface area (Å²) < 4.78 is 17.3. The average molecular weight is 313 g/mol. The number of hydrogen-bond acceptors (Lipinski definition) is 3. The van der Waals surface area contributed by atoms with E-state index in [2.05, 4.69) is 20.8 Å². The zero-order valence-electron chi connectivity index (χ0n) is 12.5. The molecule has 0 fully saturated rings. The van der Waals surface area contributed by atoms with E-state index in [1.54, 1.807) is 17.0 Å². The Balaban J connectivity index is 2.03. The first-order valence-electron chi connectivity index (χ1n) is 6.70. The molecule has 2 heterocycles. The molecule has 2 aromatic heterocycles. The Labute approximate surface area is 130 Å². The molecule has 3 rings (SSSR count). The largest absolute Gasteiger partial charge is 0.358 e. The first-order chi connectivity index (χ1) is 10.5. The van der Waals surface area contributed by atoms with Gasteiger partial charge in [0.05, 0.1) is 23.0 Å². The third-order valence-corrected chi connectivity index (χ3v) is 4.90. The number of benzene rings is 1. The van der Waals surface area contributed by atoms with Crippen molar-refractivity contribution in [2.24, 2.45) is 7.05 Å². The SMILES string of the molecule is Cc1ccc(NS(=O)c2cnc(C)n2C)c2[nH]cc(C#N)c12. The third kappa shape index (κ3) is 2.18. The number of nitrogens with zero attached hydrogens (tertiary/aromatic N) is 3. The van der Waals surface area contributed by atoms with Gasteiger partial charge in [-0.2, -0.15) is 5.26 Å². The quantitative estimate of drug-likeness (QED) is 0.779. The second-order valence-electron chi connectivity index (χ2n) is 5.07. The van der Waals surface area contributed by atoms with Crippen molar-refractivity contribution in [1.29, 1.82) is 5.26 Å². The predicted molar refractivity (Wildman–Crippen MR) is 85.7 cm³/mol. The lowest BCUT2D eigenvalue weighted by Gasteiger charge is -2.09. The summed E-state index contributed by atoms with van der Waals surface area (Å²) in [5.74, 6) is 0.797. The highest BCUT2D eigenvalue weighted by Gasteiger charge is 2.15. The van der Waals surface area contributed by atoms with E-state index in [1.165, 1.54) is 0 Å². The van der Waals surface area contributed by atoms with Crippen molar-refractivity contribution < 1.29 is 4.21 Å². The van der Waals surface area contributed by atoms with Gasteiger partial charge in [-0.1, -0.05) is 6.07 Å². The Kier molecular flexibility index (Phi) is 3.47. The number of fused-ring (bicyclic) bond motifs is 1. The monoisotopic (exact) mass is 313 g/mol. The average Bonchev–Trinajstić information content (AvgIpc) is 3.07. The molecule has 0 saturated carbocycles. The fourth-order valence-electron chi connectivity index (χ4n) is 2.40. The maximum Gasteiger partial charge on any atom is 0.169 e. The van der Waals surface area contributed by atoms with Gasteiger partial charge in [0.25, 0.3) is 0 Å². The van der Waals surface area contributed by atoms with Crippen molar-refractivity contribution in [1.82, 2.24) is 14.5 Å². The summed E-state index contributed by atoms with van der Waals surface area (Å²) in [6.45, 7) is 3.80. The van der Waals surface area contributed by atoms with E-state index in [9.17, 15) is 9.47 Å². The zero-order chi connectivity index (χ0) is 15.9. The molecular formula is C15H15N5OS. The molecule has 0 aliphatic rings. The number of aromatic amines is 1. The highest BCUT2D eigenvalue weighted by molar-refractivity contribution is 7.86. The third-order valence-electron chi connectivity index (χ3n) is 3.73. The zero-order valence-corrected chi connectivity index (χ0v) is 13.3. The second-order valence-corrected chi connectivity index (χ2v) is 6.23. The van der Waals surface area contributed by atoms with Crippen LogP contribution in [0.5, 0.6) is 0 Å². The second kappa shape index (κ2) is 5.31. The van der Waals surface area contributed by atoms with Gasteiger partial charge in [0.2, 0.25) is 0 Å². The van der Waals surface area contributed by atoms with E-state index >= 15 is 0 Å². The maximum absolute atomic E-state index is 12.5. The number of aryl methyl sites for hydroxylation is 2. The van der Waals surface area contributed by atoms with Crippen LogP contribution in [-0.2, 0) is 18.0 Å². The molecule has 0 bridgehead atoms. The van der Waals surface area contributed by atoms with Crippen molar-refractivity contribution in [2.75, 3.05) is 4.72 Å². The fourth-order valence-corrected chi connectivity index (χ4v) is 3.40. The van der Waals surface area contributed by atoms with E-state index in [0.29, 0.717) is 16.3 Å². The molecule has 1 unspecified atom stereocenters. The molecule has 2 N–H and O–H groups in total. The van der Waals surface area contributed by atoms with Crippen LogP contribution in [0.2, 0.25) is 0 Å². The summed E-state index contributed by atoms with van der Waals surface area (Å²) in [6.07, 6.45) is 3.26. The van der Waals surface area contributed by atoms with Crippen molar-refractivity contribution in [3.05, 3.63) is 41.5 Å². The molecule has 0 aliphatic carbocycles. The van der Waals surface area contributed by atoms with Crippen LogP contribution in [0.3, 0.4) is 0 Å². The molecule has 0 aliphatic heterocycles. The summed E-state index contributed by atoms with van der Waals surface area (Å²) in [5, 5.41) is 10.6. The number of anilines is 1. The topological polar surface area (TPSA) is 86.5 Å². The van der Waals surface area contributed by atoms with Crippen LogP contribution >= 0.6 is 0 Å². The van der Waals surface area contributed by atoms with Gasteiger partial charge in [-0.15, -0.1) is 0 Å². The van der Waals surface area contributed by atoms with Gasteiger partial charge in [-0.25, -0.2) is 9.19 Å². The molecule has 0 saturated heterocycles. The first-order valence-corrected chi connectivity index (χ1v) is 7.85. The van der Waals surface area contributed by atoms with Gasteiger partial charge in [0, 0.05) is 18.6 Å².